The molecule has 0 spiro atoms. The number of benzene rings is 2. The van der Waals surface area contributed by atoms with Crippen molar-refractivity contribution in [2.24, 2.45) is 5.73 Å². The SMILES string of the molecule is Cc1ccc(F)c(-c2ccc(OC(F)(F)F)c(CN)c2)c1. The maximum atomic E-state index is 13.8. The first-order valence-corrected chi connectivity index (χ1v) is 6.15. The van der Waals surface area contributed by atoms with Crippen molar-refractivity contribution < 1.29 is 22.3 Å². The van der Waals surface area contributed by atoms with Gasteiger partial charge in [-0.3, -0.25) is 0 Å². The van der Waals surface area contributed by atoms with Crippen molar-refractivity contribution in [2.45, 2.75) is 19.8 Å². The van der Waals surface area contributed by atoms with E-state index >= 15 is 0 Å². The molecule has 0 aliphatic heterocycles. The average Bonchev–Trinajstić information content (AvgIpc) is 2.40. The Labute approximate surface area is 119 Å². The smallest absolute Gasteiger partial charge is 0.405 e. The standard InChI is InChI=1S/C15H13F4NO/c1-9-2-4-13(16)12(6-9)10-3-5-14(11(7-10)8-20)21-15(17,18)19/h2-7H,8,20H2,1H3. The fourth-order valence-corrected chi connectivity index (χ4v) is 1.99. The van der Waals surface area contributed by atoms with Gasteiger partial charge in [-0.1, -0.05) is 17.7 Å². The summed E-state index contributed by atoms with van der Waals surface area (Å²) in [7, 11) is 0. The molecule has 112 valence electrons. The van der Waals surface area contributed by atoms with E-state index in [1.165, 1.54) is 18.2 Å². The highest BCUT2D eigenvalue weighted by atomic mass is 19.4. The highest BCUT2D eigenvalue weighted by Crippen LogP contribution is 2.31. The summed E-state index contributed by atoms with van der Waals surface area (Å²) >= 11 is 0. The van der Waals surface area contributed by atoms with Crippen LogP contribution < -0.4 is 10.5 Å². The molecule has 6 heteroatoms. The molecule has 0 radical (unpaired) electrons. The second-order valence-electron chi connectivity index (χ2n) is 4.56. The van der Waals surface area contributed by atoms with E-state index in [4.69, 9.17) is 5.73 Å². The third-order valence-corrected chi connectivity index (χ3v) is 2.94. The monoisotopic (exact) mass is 299 g/mol. The summed E-state index contributed by atoms with van der Waals surface area (Å²) in [5.74, 6) is -0.824. The predicted octanol–water partition coefficient (Wildman–Crippen LogP) is 4.16. The summed E-state index contributed by atoms with van der Waals surface area (Å²) in [6.07, 6.45) is -4.79. The quantitative estimate of drug-likeness (QED) is 0.864. The van der Waals surface area contributed by atoms with Crippen LogP contribution in [0.5, 0.6) is 5.75 Å². The lowest BCUT2D eigenvalue weighted by molar-refractivity contribution is -0.274. The van der Waals surface area contributed by atoms with Crippen LogP contribution in [0.2, 0.25) is 0 Å². The van der Waals surface area contributed by atoms with Crippen LogP contribution in [0.4, 0.5) is 17.6 Å². The summed E-state index contributed by atoms with van der Waals surface area (Å²) in [6, 6.07) is 8.47. The van der Waals surface area contributed by atoms with Crippen molar-refractivity contribution in [3.63, 3.8) is 0 Å². The Bertz CT molecular complexity index is 653. The van der Waals surface area contributed by atoms with E-state index in [9.17, 15) is 17.6 Å². The van der Waals surface area contributed by atoms with Gasteiger partial charge in [0, 0.05) is 17.7 Å². The first-order chi connectivity index (χ1) is 9.80. The van der Waals surface area contributed by atoms with Gasteiger partial charge in [0.05, 0.1) is 0 Å². The molecule has 2 rings (SSSR count). The Morgan fingerprint density at radius 1 is 1.10 bits per heavy atom. The topological polar surface area (TPSA) is 35.2 Å². The zero-order valence-electron chi connectivity index (χ0n) is 11.2. The number of ether oxygens (including phenoxy) is 1. The first-order valence-electron chi connectivity index (χ1n) is 6.15. The van der Waals surface area contributed by atoms with Crippen LogP contribution in [-0.4, -0.2) is 6.36 Å². The van der Waals surface area contributed by atoms with Crippen LogP contribution in [-0.2, 0) is 6.54 Å². The van der Waals surface area contributed by atoms with E-state index < -0.39 is 12.2 Å². The van der Waals surface area contributed by atoms with Crippen LogP contribution >= 0.6 is 0 Å². The Hall–Kier alpha value is -2.08. The molecule has 0 aliphatic carbocycles. The molecule has 21 heavy (non-hydrogen) atoms. The molecule has 2 aromatic rings. The second kappa shape index (κ2) is 5.73. The number of aryl methyl sites for hydroxylation is 1. The molecule has 0 atom stereocenters. The van der Waals surface area contributed by atoms with Crippen LogP contribution in [0.3, 0.4) is 0 Å². The summed E-state index contributed by atoms with van der Waals surface area (Å²) in [4.78, 5) is 0. The largest absolute Gasteiger partial charge is 0.573 e. The van der Waals surface area contributed by atoms with E-state index in [2.05, 4.69) is 4.74 Å². The van der Waals surface area contributed by atoms with Gasteiger partial charge < -0.3 is 10.5 Å². The number of rotatable bonds is 3. The van der Waals surface area contributed by atoms with Crippen molar-refractivity contribution >= 4 is 0 Å². The summed E-state index contributed by atoms with van der Waals surface area (Å²) in [5, 5.41) is 0. The average molecular weight is 299 g/mol. The van der Waals surface area contributed by atoms with E-state index in [1.807, 2.05) is 0 Å². The number of alkyl halides is 3. The third-order valence-electron chi connectivity index (χ3n) is 2.94. The van der Waals surface area contributed by atoms with E-state index in [1.54, 1.807) is 19.1 Å². The number of hydrogen-bond donors (Lipinski definition) is 1. The minimum atomic E-state index is -4.79. The number of nitrogens with two attached hydrogens (primary N) is 1. The maximum Gasteiger partial charge on any atom is 0.573 e. The zero-order chi connectivity index (χ0) is 15.6. The van der Waals surface area contributed by atoms with Crippen LogP contribution in [0, 0.1) is 12.7 Å². The lowest BCUT2D eigenvalue weighted by atomic mass is 10.0. The molecule has 2 nitrogen and oxygen atoms in total. The molecule has 0 aliphatic rings. The molecule has 0 aromatic heterocycles. The summed E-state index contributed by atoms with van der Waals surface area (Å²) in [5.41, 5.74) is 7.20. The fourth-order valence-electron chi connectivity index (χ4n) is 1.99. The van der Waals surface area contributed by atoms with E-state index in [0.29, 0.717) is 11.1 Å². The van der Waals surface area contributed by atoms with Gasteiger partial charge in [-0.05, 0) is 36.8 Å². The molecule has 0 fully saturated rings. The van der Waals surface area contributed by atoms with Crippen molar-refractivity contribution in [3.8, 4) is 16.9 Å². The zero-order valence-corrected chi connectivity index (χ0v) is 11.2. The molecule has 0 amide bonds. The Balaban J connectivity index is 2.46. The van der Waals surface area contributed by atoms with Crippen LogP contribution in [0.15, 0.2) is 36.4 Å². The summed E-state index contributed by atoms with van der Waals surface area (Å²) < 4.78 is 54.5. The lowest BCUT2D eigenvalue weighted by Gasteiger charge is -2.14. The Morgan fingerprint density at radius 2 is 1.81 bits per heavy atom. The second-order valence-corrected chi connectivity index (χ2v) is 4.56. The molecule has 0 unspecified atom stereocenters. The molecule has 0 saturated heterocycles. The molecule has 0 saturated carbocycles. The van der Waals surface area contributed by atoms with Crippen molar-refractivity contribution in [2.75, 3.05) is 0 Å². The lowest BCUT2D eigenvalue weighted by Crippen LogP contribution is -2.18. The molecule has 2 aromatic carbocycles. The van der Waals surface area contributed by atoms with E-state index in [0.717, 1.165) is 11.6 Å². The van der Waals surface area contributed by atoms with Crippen LogP contribution in [0.1, 0.15) is 11.1 Å². The minimum absolute atomic E-state index is 0.146. The Morgan fingerprint density at radius 3 is 2.43 bits per heavy atom. The van der Waals surface area contributed by atoms with Gasteiger partial charge in [-0.25, -0.2) is 4.39 Å². The molecule has 0 heterocycles. The van der Waals surface area contributed by atoms with Crippen LogP contribution in [0.25, 0.3) is 11.1 Å². The van der Waals surface area contributed by atoms with E-state index in [-0.39, 0.29) is 17.9 Å². The maximum absolute atomic E-state index is 13.8. The fraction of sp³-hybridized carbons (Fsp3) is 0.200. The molecular weight excluding hydrogens is 286 g/mol. The van der Waals surface area contributed by atoms with Crippen molar-refractivity contribution in [3.05, 3.63) is 53.3 Å². The molecular formula is C15H13F4NO. The van der Waals surface area contributed by atoms with Crippen molar-refractivity contribution in [1.29, 1.82) is 0 Å². The van der Waals surface area contributed by atoms with Gasteiger partial charge in [-0.2, -0.15) is 0 Å². The Kier molecular flexibility index (Phi) is 4.18. The number of halogens is 4. The van der Waals surface area contributed by atoms with Gasteiger partial charge in [-0.15, -0.1) is 13.2 Å². The van der Waals surface area contributed by atoms with Gasteiger partial charge >= 0.3 is 6.36 Å². The molecule has 2 N–H and O–H groups in total. The molecule has 0 bridgehead atoms. The predicted molar refractivity (Wildman–Crippen MR) is 71.1 cm³/mol. The van der Waals surface area contributed by atoms with Gasteiger partial charge in [0.25, 0.3) is 0 Å². The van der Waals surface area contributed by atoms with Gasteiger partial charge in [0.2, 0.25) is 0 Å². The van der Waals surface area contributed by atoms with Gasteiger partial charge in [0.15, 0.2) is 0 Å². The highest BCUT2D eigenvalue weighted by molar-refractivity contribution is 5.67. The first kappa shape index (κ1) is 15.3. The summed E-state index contributed by atoms with van der Waals surface area (Å²) in [6.45, 7) is 1.65. The highest BCUT2D eigenvalue weighted by Gasteiger charge is 2.32. The van der Waals surface area contributed by atoms with Gasteiger partial charge in [0.1, 0.15) is 11.6 Å². The van der Waals surface area contributed by atoms with Crippen molar-refractivity contribution in [1.82, 2.24) is 0 Å². The normalized spacial score (nSPS) is 11.5. The number of hydrogen-bond acceptors (Lipinski definition) is 2. The minimum Gasteiger partial charge on any atom is -0.405 e. The third kappa shape index (κ3) is 3.72.